The number of aromatic nitrogens is 2. The molecule has 1 amide bonds. The zero-order valence-corrected chi connectivity index (χ0v) is 16.6. The molecule has 1 aliphatic rings. The van der Waals surface area contributed by atoms with Gasteiger partial charge in [-0.15, -0.1) is 24.8 Å². The SMILES string of the molecule is Cl.Cl.NCC1CCN(C(=O)c2ccc(-n3cnc4ccccc43)cc2)CC1. The lowest BCUT2D eigenvalue weighted by atomic mass is 9.96. The van der Waals surface area contributed by atoms with Gasteiger partial charge in [-0.3, -0.25) is 9.36 Å². The number of piperidine rings is 1. The summed E-state index contributed by atoms with van der Waals surface area (Å²) in [6.45, 7) is 2.32. The molecule has 0 saturated carbocycles. The van der Waals surface area contributed by atoms with Crippen LogP contribution >= 0.6 is 24.8 Å². The van der Waals surface area contributed by atoms with Crippen molar-refractivity contribution >= 4 is 41.8 Å². The predicted molar refractivity (Wildman–Crippen MR) is 113 cm³/mol. The maximum Gasteiger partial charge on any atom is 0.253 e. The Morgan fingerprint density at radius 3 is 2.37 bits per heavy atom. The number of nitrogens with two attached hydrogens (primary N) is 1. The van der Waals surface area contributed by atoms with Gasteiger partial charge in [0.1, 0.15) is 6.33 Å². The molecule has 0 radical (unpaired) electrons. The number of rotatable bonds is 3. The van der Waals surface area contributed by atoms with Gasteiger partial charge in [-0.1, -0.05) is 12.1 Å². The Hall–Kier alpha value is -2.08. The Morgan fingerprint density at radius 1 is 1.04 bits per heavy atom. The van der Waals surface area contributed by atoms with Crippen molar-refractivity contribution in [3.63, 3.8) is 0 Å². The lowest BCUT2D eigenvalue weighted by Gasteiger charge is -2.31. The monoisotopic (exact) mass is 406 g/mol. The Labute approximate surface area is 171 Å². The van der Waals surface area contributed by atoms with Crippen LogP contribution in [0.3, 0.4) is 0 Å². The fraction of sp³-hybridized carbons (Fsp3) is 0.300. The highest BCUT2D eigenvalue weighted by atomic mass is 35.5. The number of nitrogens with zero attached hydrogens (tertiary/aromatic N) is 3. The van der Waals surface area contributed by atoms with Crippen molar-refractivity contribution in [3.05, 3.63) is 60.4 Å². The summed E-state index contributed by atoms with van der Waals surface area (Å²) in [7, 11) is 0. The number of para-hydroxylation sites is 2. The first kappa shape index (κ1) is 21.2. The second-order valence-corrected chi connectivity index (χ2v) is 6.62. The number of imidazole rings is 1. The van der Waals surface area contributed by atoms with E-state index in [4.69, 9.17) is 5.73 Å². The molecule has 1 aliphatic heterocycles. The van der Waals surface area contributed by atoms with Crippen LogP contribution in [0.5, 0.6) is 0 Å². The number of benzene rings is 2. The number of carbonyl (C=O) groups excluding carboxylic acids is 1. The molecule has 7 heteroatoms. The molecule has 144 valence electrons. The third kappa shape index (κ3) is 4.26. The lowest BCUT2D eigenvalue weighted by Crippen LogP contribution is -2.40. The average molecular weight is 407 g/mol. The van der Waals surface area contributed by atoms with Gasteiger partial charge in [0.2, 0.25) is 0 Å². The van der Waals surface area contributed by atoms with Crippen molar-refractivity contribution < 1.29 is 4.79 Å². The minimum absolute atomic E-state index is 0. The number of hydrogen-bond acceptors (Lipinski definition) is 3. The summed E-state index contributed by atoms with van der Waals surface area (Å²) in [4.78, 5) is 19.0. The number of likely N-dealkylation sites (tertiary alicyclic amines) is 1. The van der Waals surface area contributed by atoms with E-state index >= 15 is 0 Å². The normalized spacial score (nSPS) is 14.5. The molecule has 3 aromatic rings. The largest absolute Gasteiger partial charge is 0.339 e. The van der Waals surface area contributed by atoms with Gasteiger partial charge in [-0.25, -0.2) is 4.98 Å². The Morgan fingerprint density at radius 2 is 1.70 bits per heavy atom. The first-order valence-electron chi connectivity index (χ1n) is 8.78. The molecule has 4 rings (SSSR count). The maximum atomic E-state index is 12.7. The highest BCUT2D eigenvalue weighted by Gasteiger charge is 2.22. The van der Waals surface area contributed by atoms with E-state index in [9.17, 15) is 4.79 Å². The van der Waals surface area contributed by atoms with Crippen LogP contribution in [0.2, 0.25) is 0 Å². The molecule has 0 unspecified atom stereocenters. The van der Waals surface area contributed by atoms with Crippen LogP contribution in [0.25, 0.3) is 16.7 Å². The fourth-order valence-corrected chi connectivity index (χ4v) is 3.48. The third-order valence-electron chi connectivity index (χ3n) is 5.08. The van der Waals surface area contributed by atoms with E-state index in [2.05, 4.69) is 4.98 Å². The molecule has 0 aliphatic carbocycles. The van der Waals surface area contributed by atoms with Crippen molar-refractivity contribution in [1.29, 1.82) is 0 Å². The first-order valence-corrected chi connectivity index (χ1v) is 8.78. The molecule has 1 fully saturated rings. The average Bonchev–Trinajstić information content (AvgIpc) is 3.12. The van der Waals surface area contributed by atoms with Crippen LogP contribution in [0.1, 0.15) is 23.2 Å². The van der Waals surface area contributed by atoms with E-state index in [0.717, 1.165) is 54.8 Å². The quantitative estimate of drug-likeness (QED) is 0.721. The molecule has 2 N–H and O–H groups in total. The van der Waals surface area contributed by atoms with Crippen LogP contribution in [0, 0.1) is 5.92 Å². The van der Waals surface area contributed by atoms with E-state index in [1.165, 1.54) is 0 Å². The molecule has 1 aromatic heterocycles. The van der Waals surface area contributed by atoms with E-state index in [-0.39, 0.29) is 30.7 Å². The van der Waals surface area contributed by atoms with Gasteiger partial charge in [-0.2, -0.15) is 0 Å². The number of amides is 1. The first-order chi connectivity index (χ1) is 12.3. The van der Waals surface area contributed by atoms with Gasteiger partial charge in [0.05, 0.1) is 11.0 Å². The number of fused-ring (bicyclic) bond motifs is 1. The summed E-state index contributed by atoms with van der Waals surface area (Å²) in [6.07, 6.45) is 3.82. The summed E-state index contributed by atoms with van der Waals surface area (Å²) in [5.74, 6) is 0.665. The maximum absolute atomic E-state index is 12.7. The smallest absolute Gasteiger partial charge is 0.253 e. The van der Waals surface area contributed by atoms with Crippen LogP contribution in [-0.4, -0.2) is 40.0 Å². The third-order valence-corrected chi connectivity index (χ3v) is 5.08. The minimum atomic E-state index is 0. The van der Waals surface area contributed by atoms with Gasteiger partial charge in [-0.05, 0) is 61.7 Å². The molecule has 0 atom stereocenters. The Bertz CT molecular complexity index is 886. The van der Waals surface area contributed by atoms with E-state index in [0.29, 0.717) is 5.92 Å². The summed E-state index contributed by atoms with van der Waals surface area (Å²) in [5.41, 5.74) is 9.49. The Balaban J connectivity index is 0.00000131. The van der Waals surface area contributed by atoms with E-state index in [1.54, 1.807) is 0 Å². The van der Waals surface area contributed by atoms with Crippen molar-refractivity contribution in [3.8, 4) is 5.69 Å². The van der Waals surface area contributed by atoms with Crippen molar-refractivity contribution in [1.82, 2.24) is 14.5 Å². The molecule has 2 aromatic carbocycles. The van der Waals surface area contributed by atoms with Crippen LogP contribution in [0.15, 0.2) is 54.9 Å². The highest BCUT2D eigenvalue weighted by Crippen LogP contribution is 2.21. The van der Waals surface area contributed by atoms with Gasteiger partial charge >= 0.3 is 0 Å². The lowest BCUT2D eigenvalue weighted by molar-refractivity contribution is 0.0693. The molecular formula is C20H24Cl2N4O. The Kier molecular flexibility index (Phi) is 7.25. The molecule has 0 spiro atoms. The highest BCUT2D eigenvalue weighted by molar-refractivity contribution is 5.94. The topological polar surface area (TPSA) is 64.2 Å². The number of carbonyl (C=O) groups is 1. The van der Waals surface area contributed by atoms with Gasteiger partial charge in [0, 0.05) is 24.3 Å². The van der Waals surface area contributed by atoms with Gasteiger partial charge < -0.3 is 10.6 Å². The van der Waals surface area contributed by atoms with Crippen molar-refractivity contribution in [2.75, 3.05) is 19.6 Å². The van der Waals surface area contributed by atoms with Crippen molar-refractivity contribution in [2.45, 2.75) is 12.8 Å². The molecule has 2 heterocycles. The second kappa shape index (κ2) is 9.22. The fourth-order valence-electron chi connectivity index (χ4n) is 3.48. The van der Waals surface area contributed by atoms with E-state index < -0.39 is 0 Å². The van der Waals surface area contributed by atoms with Gasteiger partial charge in [0.25, 0.3) is 5.91 Å². The molecule has 5 nitrogen and oxygen atoms in total. The number of halogens is 2. The molecular weight excluding hydrogens is 383 g/mol. The zero-order chi connectivity index (χ0) is 17.2. The van der Waals surface area contributed by atoms with Crippen LogP contribution in [-0.2, 0) is 0 Å². The number of hydrogen-bond donors (Lipinski definition) is 1. The standard InChI is InChI=1S/C20H22N4O.2ClH/c21-13-15-9-11-23(12-10-15)20(25)16-5-7-17(8-6-16)24-14-22-18-3-1-2-4-19(18)24;;/h1-8,14-15H,9-13,21H2;2*1H. The molecule has 0 bridgehead atoms. The van der Waals surface area contributed by atoms with Crippen LogP contribution in [0.4, 0.5) is 0 Å². The molecule has 1 saturated heterocycles. The minimum Gasteiger partial charge on any atom is -0.339 e. The summed E-state index contributed by atoms with van der Waals surface area (Å²) >= 11 is 0. The molecule has 27 heavy (non-hydrogen) atoms. The van der Waals surface area contributed by atoms with E-state index in [1.807, 2.05) is 64.3 Å². The summed E-state index contributed by atoms with van der Waals surface area (Å²) in [5, 5.41) is 0. The summed E-state index contributed by atoms with van der Waals surface area (Å²) < 4.78 is 2.04. The second-order valence-electron chi connectivity index (χ2n) is 6.62. The predicted octanol–water partition coefficient (Wildman–Crippen LogP) is 3.68. The summed E-state index contributed by atoms with van der Waals surface area (Å²) in [6, 6.07) is 15.8. The van der Waals surface area contributed by atoms with Crippen molar-refractivity contribution in [2.24, 2.45) is 11.7 Å². The zero-order valence-electron chi connectivity index (χ0n) is 15.0. The van der Waals surface area contributed by atoms with Gasteiger partial charge in [0.15, 0.2) is 0 Å². The van der Waals surface area contributed by atoms with Crippen LogP contribution < -0.4 is 5.73 Å².